The van der Waals surface area contributed by atoms with Gasteiger partial charge in [-0.3, -0.25) is 4.79 Å². The van der Waals surface area contributed by atoms with Gasteiger partial charge in [0.2, 0.25) is 5.78 Å². The molecule has 2 aromatic carbocycles. The second kappa shape index (κ2) is 4.56. The summed E-state index contributed by atoms with van der Waals surface area (Å²) in [5.41, 5.74) is 0.853. The third-order valence-corrected chi connectivity index (χ3v) is 3.22. The molecular weight excluding hydrogens is 262 g/mol. The van der Waals surface area contributed by atoms with Gasteiger partial charge in [-0.25, -0.2) is 8.78 Å². The van der Waals surface area contributed by atoms with Crippen molar-refractivity contribution in [2.45, 2.75) is 6.92 Å². The number of aryl methyl sites for hydroxylation is 1. The highest BCUT2D eigenvalue weighted by Gasteiger charge is 2.21. The van der Waals surface area contributed by atoms with Crippen molar-refractivity contribution in [1.29, 1.82) is 0 Å². The van der Waals surface area contributed by atoms with E-state index in [0.717, 1.165) is 0 Å². The summed E-state index contributed by atoms with van der Waals surface area (Å²) >= 11 is 0. The normalized spacial score (nSPS) is 10.9. The summed E-state index contributed by atoms with van der Waals surface area (Å²) in [6, 6.07) is 9.70. The third-order valence-electron chi connectivity index (χ3n) is 3.22. The van der Waals surface area contributed by atoms with Gasteiger partial charge in [-0.15, -0.1) is 0 Å². The number of carbonyl (C=O) groups excluding carboxylic acids is 1. The zero-order valence-electron chi connectivity index (χ0n) is 10.6. The first kappa shape index (κ1) is 12.5. The lowest BCUT2D eigenvalue weighted by molar-refractivity contribution is 0.101. The van der Waals surface area contributed by atoms with Gasteiger partial charge in [-0.2, -0.15) is 0 Å². The van der Waals surface area contributed by atoms with Gasteiger partial charge in [-0.05, 0) is 37.3 Å². The van der Waals surface area contributed by atoms with Crippen LogP contribution in [0.4, 0.5) is 8.78 Å². The molecule has 0 radical (unpaired) electrons. The Morgan fingerprint density at radius 3 is 2.60 bits per heavy atom. The Morgan fingerprint density at radius 1 is 1.10 bits per heavy atom. The minimum Gasteiger partial charge on any atom is -0.452 e. The molecule has 0 fully saturated rings. The van der Waals surface area contributed by atoms with Crippen molar-refractivity contribution in [3.63, 3.8) is 0 Å². The largest absolute Gasteiger partial charge is 0.452 e. The highest BCUT2D eigenvalue weighted by atomic mass is 19.1. The van der Waals surface area contributed by atoms with Crippen LogP contribution in [0, 0.1) is 18.6 Å². The molecule has 0 unspecified atom stereocenters. The topological polar surface area (TPSA) is 30.2 Å². The molecule has 1 aromatic heterocycles. The molecule has 100 valence electrons. The average molecular weight is 272 g/mol. The van der Waals surface area contributed by atoms with E-state index < -0.39 is 17.4 Å². The van der Waals surface area contributed by atoms with E-state index in [9.17, 15) is 13.6 Å². The van der Waals surface area contributed by atoms with Gasteiger partial charge in [0.25, 0.3) is 0 Å². The quantitative estimate of drug-likeness (QED) is 0.653. The Hall–Kier alpha value is -2.49. The number of halogens is 2. The van der Waals surface area contributed by atoms with Crippen molar-refractivity contribution in [3.8, 4) is 0 Å². The summed E-state index contributed by atoms with van der Waals surface area (Å²) in [7, 11) is 0. The number of hydrogen-bond donors (Lipinski definition) is 0. The van der Waals surface area contributed by atoms with E-state index in [-0.39, 0.29) is 11.3 Å². The van der Waals surface area contributed by atoms with Crippen molar-refractivity contribution in [2.24, 2.45) is 0 Å². The molecule has 0 saturated carbocycles. The maximum atomic E-state index is 13.7. The smallest absolute Gasteiger partial charge is 0.231 e. The van der Waals surface area contributed by atoms with Crippen LogP contribution in [0.3, 0.4) is 0 Å². The molecule has 1 heterocycles. The second-order valence-electron chi connectivity index (χ2n) is 4.51. The Balaban J connectivity index is 2.18. The van der Waals surface area contributed by atoms with Gasteiger partial charge in [0.15, 0.2) is 5.76 Å². The first-order valence-corrected chi connectivity index (χ1v) is 6.06. The maximum absolute atomic E-state index is 13.7. The standard InChI is InChI=1S/C16H10F2O2/c1-9-12-8-10(17)6-7-14(12)20-16(9)15(19)11-4-2-3-5-13(11)18/h2-8H,1H3. The molecule has 20 heavy (non-hydrogen) atoms. The molecule has 0 aliphatic rings. The fourth-order valence-corrected chi connectivity index (χ4v) is 2.18. The van der Waals surface area contributed by atoms with Crippen LogP contribution in [0.15, 0.2) is 46.9 Å². The molecule has 2 nitrogen and oxygen atoms in total. The molecular formula is C16H10F2O2. The van der Waals surface area contributed by atoms with E-state index in [1.807, 2.05) is 0 Å². The summed E-state index contributed by atoms with van der Waals surface area (Å²) in [6.45, 7) is 1.65. The predicted octanol–water partition coefficient (Wildman–Crippen LogP) is 4.25. The first-order valence-electron chi connectivity index (χ1n) is 6.06. The first-order chi connectivity index (χ1) is 9.58. The van der Waals surface area contributed by atoms with Gasteiger partial charge in [0.05, 0.1) is 5.56 Å². The molecule has 4 heteroatoms. The van der Waals surface area contributed by atoms with Crippen LogP contribution in [-0.4, -0.2) is 5.78 Å². The van der Waals surface area contributed by atoms with Crippen molar-refractivity contribution in [1.82, 2.24) is 0 Å². The zero-order chi connectivity index (χ0) is 14.3. The molecule has 0 aliphatic heterocycles. The Bertz CT molecular complexity index is 818. The summed E-state index contributed by atoms with van der Waals surface area (Å²) in [4.78, 5) is 12.3. The minimum atomic E-state index is -0.608. The monoisotopic (exact) mass is 272 g/mol. The molecule has 0 amide bonds. The van der Waals surface area contributed by atoms with E-state index in [0.29, 0.717) is 16.5 Å². The Kier molecular flexibility index (Phi) is 2.86. The molecule has 3 aromatic rings. The van der Waals surface area contributed by atoms with Crippen molar-refractivity contribution in [2.75, 3.05) is 0 Å². The molecule has 0 spiro atoms. The summed E-state index contributed by atoms with van der Waals surface area (Å²) in [5, 5.41) is 0.518. The van der Waals surface area contributed by atoms with Crippen molar-refractivity contribution < 1.29 is 18.0 Å². The number of benzene rings is 2. The minimum absolute atomic E-state index is 0.0377. The van der Waals surface area contributed by atoms with E-state index >= 15 is 0 Å². The zero-order valence-corrected chi connectivity index (χ0v) is 10.6. The highest BCUT2D eigenvalue weighted by molar-refractivity contribution is 6.10. The molecule has 0 bridgehead atoms. The SMILES string of the molecule is Cc1c(C(=O)c2ccccc2F)oc2ccc(F)cc12. The van der Waals surface area contributed by atoms with Gasteiger partial charge >= 0.3 is 0 Å². The lowest BCUT2D eigenvalue weighted by Crippen LogP contribution is -2.04. The summed E-state index contributed by atoms with van der Waals surface area (Å²) in [5.74, 6) is -1.53. The van der Waals surface area contributed by atoms with Gasteiger partial charge in [-0.1, -0.05) is 12.1 Å². The van der Waals surface area contributed by atoms with Crippen LogP contribution in [-0.2, 0) is 0 Å². The van der Waals surface area contributed by atoms with E-state index in [2.05, 4.69) is 0 Å². The number of carbonyl (C=O) groups is 1. The van der Waals surface area contributed by atoms with E-state index in [1.165, 1.54) is 36.4 Å². The van der Waals surface area contributed by atoms with Crippen LogP contribution in [0.2, 0.25) is 0 Å². The number of furan rings is 1. The average Bonchev–Trinajstić information content (AvgIpc) is 2.76. The number of ketones is 1. The maximum Gasteiger partial charge on any atom is 0.231 e. The predicted molar refractivity (Wildman–Crippen MR) is 70.7 cm³/mol. The number of hydrogen-bond acceptors (Lipinski definition) is 2. The molecule has 3 rings (SSSR count). The fraction of sp³-hybridized carbons (Fsp3) is 0.0625. The van der Waals surface area contributed by atoms with Crippen molar-refractivity contribution >= 4 is 16.8 Å². The van der Waals surface area contributed by atoms with E-state index in [4.69, 9.17) is 4.42 Å². The van der Waals surface area contributed by atoms with Crippen LogP contribution < -0.4 is 0 Å². The molecule has 0 N–H and O–H groups in total. The van der Waals surface area contributed by atoms with Crippen LogP contribution in [0.25, 0.3) is 11.0 Å². The Morgan fingerprint density at radius 2 is 1.85 bits per heavy atom. The molecule has 0 aliphatic carbocycles. The lowest BCUT2D eigenvalue weighted by atomic mass is 10.0. The van der Waals surface area contributed by atoms with Crippen molar-refractivity contribution in [3.05, 3.63) is 71.0 Å². The van der Waals surface area contributed by atoms with Gasteiger partial charge in [0, 0.05) is 10.9 Å². The Labute approximate surface area is 113 Å². The van der Waals surface area contributed by atoms with Gasteiger partial charge < -0.3 is 4.42 Å². The van der Waals surface area contributed by atoms with Crippen LogP contribution in [0.1, 0.15) is 21.7 Å². The molecule has 0 atom stereocenters. The summed E-state index contributed by atoms with van der Waals surface area (Å²) < 4.78 is 32.3. The number of fused-ring (bicyclic) bond motifs is 1. The summed E-state index contributed by atoms with van der Waals surface area (Å²) in [6.07, 6.45) is 0. The van der Waals surface area contributed by atoms with Crippen LogP contribution in [0.5, 0.6) is 0 Å². The fourth-order valence-electron chi connectivity index (χ4n) is 2.18. The number of rotatable bonds is 2. The second-order valence-corrected chi connectivity index (χ2v) is 4.51. The van der Waals surface area contributed by atoms with Gasteiger partial charge in [0.1, 0.15) is 17.2 Å². The van der Waals surface area contributed by atoms with E-state index in [1.54, 1.807) is 13.0 Å². The highest BCUT2D eigenvalue weighted by Crippen LogP contribution is 2.28. The van der Waals surface area contributed by atoms with Crippen LogP contribution >= 0.6 is 0 Å². The third kappa shape index (κ3) is 1.90. The lowest BCUT2D eigenvalue weighted by Gasteiger charge is -2.00. The molecule has 0 saturated heterocycles.